The first-order chi connectivity index (χ1) is 13.9. The minimum absolute atomic E-state index is 0.0877. The Kier molecular flexibility index (Phi) is 6.96. The third-order valence-electron chi connectivity index (χ3n) is 5.27. The summed E-state index contributed by atoms with van der Waals surface area (Å²) in [4.78, 5) is 14.7. The largest absolute Gasteiger partial charge is 0.327 e. The summed E-state index contributed by atoms with van der Waals surface area (Å²) in [7, 11) is -3.20. The van der Waals surface area contributed by atoms with Gasteiger partial charge in [0.05, 0.1) is 17.0 Å². The van der Waals surface area contributed by atoms with Crippen molar-refractivity contribution >= 4 is 15.9 Å². The van der Waals surface area contributed by atoms with Gasteiger partial charge < -0.3 is 10.2 Å². The van der Waals surface area contributed by atoms with Crippen molar-refractivity contribution in [1.29, 1.82) is 0 Å². The fourth-order valence-electron chi connectivity index (χ4n) is 3.88. The summed E-state index contributed by atoms with van der Waals surface area (Å²) in [5, 5.41) is 2.65. The number of amides is 2. The van der Waals surface area contributed by atoms with Gasteiger partial charge in [-0.2, -0.15) is 0 Å². The molecule has 1 aliphatic rings. The summed E-state index contributed by atoms with van der Waals surface area (Å²) in [6, 6.07) is 19.2. The summed E-state index contributed by atoms with van der Waals surface area (Å²) < 4.78 is 25.3. The third-order valence-corrected chi connectivity index (χ3v) is 7.80. The second-order valence-electron chi connectivity index (χ2n) is 8.14. The summed E-state index contributed by atoms with van der Waals surface area (Å²) in [6.45, 7) is 4.66. The molecule has 3 rings (SSSR count). The van der Waals surface area contributed by atoms with Crippen molar-refractivity contribution in [2.75, 3.05) is 18.8 Å². The van der Waals surface area contributed by atoms with Gasteiger partial charge in [0.15, 0.2) is 9.84 Å². The van der Waals surface area contributed by atoms with E-state index in [0.717, 1.165) is 11.1 Å². The number of sulfone groups is 1. The SMILES string of the molecule is CC(C)CS(=O)(=O)C1CCCN(C(=O)NC(c2ccccc2)c2ccccc2)C1. The lowest BCUT2D eigenvalue weighted by atomic mass is 9.99. The summed E-state index contributed by atoms with van der Waals surface area (Å²) in [5.74, 6) is 0.258. The molecule has 0 radical (unpaired) electrons. The number of urea groups is 1. The molecule has 2 aromatic rings. The predicted octanol–water partition coefficient (Wildman–Crippen LogP) is 4.02. The topological polar surface area (TPSA) is 66.5 Å². The number of hydrogen-bond donors (Lipinski definition) is 1. The quantitative estimate of drug-likeness (QED) is 0.776. The van der Waals surface area contributed by atoms with Gasteiger partial charge in [0.1, 0.15) is 0 Å². The Morgan fingerprint density at radius 2 is 1.59 bits per heavy atom. The van der Waals surface area contributed by atoms with Crippen LogP contribution < -0.4 is 5.32 Å². The van der Waals surface area contributed by atoms with Crippen LogP contribution in [0.25, 0.3) is 0 Å². The van der Waals surface area contributed by atoms with E-state index in [-0.39, 0.29) is 30.3 Å². The van der Waals surface area contributed by atoms with Gasteiger partial charge in [0.25, 0.3) is 0 Å². The summed E-state index contributed by atoms with van der Waals surface area (Å²) >= 11 is 0. The molecule has 1 saturated heterocycles. The van der Waals surface area contributed by atoms with Gasteiger partial charge in [0, 0.05) is 13.1 Å². The van der Waals surface area contributed by atoms with Crippen molar-refractivity contribution in [3.63, 3.8) is 0 Å². The van der Waals surface area contributed by atoms with E-state index in [0.29, 0.717) is 19.4 Å². The second kappa shape index (κ2) is 9.44. The van der Waals surface area contributed by atoms with Crippen molar-refractivity contribution in [3.8, 4) is 0 Å². The van der Waals surface area contributed by atoms with Crippen LogP contribution >= 0.6 is 0 Å². The van der Waals surface area contributed by atoms with Gasteiger partial charge in [-0.3, -0.25) is 0 Å². The van der Waals surface area contributed by atoms with Crippen LogP contribution in [-0.2, 0) is 9.84 Å². The van der Waals surface area contributed by atoms with Crippen molar-refractivity contribution < 1.29 is 13.2 Å². The highest BCUT2D eigenvalue weighted by Gasteiger charge is 2.33. The van der Waals surface area contributed by atoms with Crippen molar-refractivity contribution in [1.82, 2.24) is 10.2 Å². The van der Waals surface area contributed by atoms with Crippen LogP contribution in [0.3, 0.4) is 0 Å². The minimum atomic E-state index is -3.20. The van der Waals surface area contributed by atoms with Gasteiger partial charge >= 0.3 is 6.03 Å². The standard InChI is InChI=1S/C23H30N2O3S/c1-18(2)17-29(27,28)21-14-9-15-25(16-21)23(26)24-22(19-10-5-3-6-11-19)20-12-7-4-8-13-20/h3-8,10-13,18,21-22H,9,14-17H2,1-2H3,(H,24,26). The highest BCUT2D eigenvalue weighted by atomic mass is 32.2. The predicted molar refractivity (Wildman–Crippen MR) is 116 cm³/mol. The Labute approximate surface area is 174 Å². The molecule has 6 heteroatoms. The average molecular weight is 415 g/mol. The number of carbonyl (C=O) groups is 1. The van der Waals surface area contributed by atoms with E-state index in [2.05, 4.69) is 5.32 Å². The minimum Gasteiger partial charge on any atom is -0.327 e. The molecular formula is C23H30N2O3S. The maximum Gasteiger partial charge on any atom is 0.318 e. The number of rotatable bonds is 6. The Bertz CT molecular complexity index is 859. The van der Waals surface area contributed by atoms with Gasteiger partial charge in [0.2, 0.25) is 0 Å². The molecule has 0 aromatic heterocycles. The van der Waals surface area contributed by atoms with E-state index < -0.39 is 15.1 Å². The van der Waals surface area contributed by atoms with E-state index in [1.54, 1.807) is 4.90 Å². The van der Waals surface area contributed by atoms with Gasteiger partial charge in [-0.25, -0.2) is 13.2 Å². The van der Waals surface area contributed by atoms with Gasteiger partial charge in [-0.1, -0.05) is 74.5 Å². The lowest BCUT2D eigenvalue weighted by Gasteiger charge is -2.34. The van der Waals surface area contributed by atoms with Gasteiger partial charge in [-0.15, -0.1) is 0 Å². The van der Waals surface area contributed by atoms with E-state index >= 15 is 0 Å². The molecule has 1 heterocycles. The summed E-state index contributed by atoms with van der Waals surface area (Å²) in [6.07, 6.45) is 1.33. The molecule has 1 unspecified atom stereocenters. The van der Waals surface area contributed by atoms with Crippen LogP contribution in [0, 0.1) is 5.92 Å². The molecule has 2 amide bonds. The lowest BCUT2D eigenvalue weighted by Crippen LogP contribution is -2.50. The highest BCUT2D eigenvalue weighted by molar-refractivity contribution is 7.92. The first kappa shape index (κ1) is 21.4. The van der Waals surface area contributed by atoms with Crippen LogP contribution in [0.15, 0.2) is 60.7 Å². The molecule has 0 bridgehead atoms. The molecular weight excluding hydrogens is 384 g/mol. The Morgan fingerprint density at radius 3 is 2.10 bits per heavy atom. The molecule has 0 aliphatic carbocycles. The fourth-order valence-corrected chi connectivity index (χ4v) is 6.02. The number of piperidine rings is 1. The molecule has 5 nitrogen and oxygen atoms in total. The molecule has 1 N–H and O–H groups in total. The third kappa shape index (κ3) is 5.60. The van der Waals surface area contributed by atoms with Crippen LogP contribution in [0.1, 0.15) is 43.9 Å². The highest BCUT2D eigenvalue weighted by Crippen LogP contribution is 2.24. The Hall–Kier alpha value is -2.34. The molecule has 156 valence electrons. The fraction of sp³-hybridized carbons (Fsp3) is 0.435. The first-order valence-corrected chi connectivity index (χ1v) is 12.0. The van der Waals surface area contributed by atoms with E-state index in [4.69, 9.17) is 0 Å². The number of benzene rings is 2. The number of hydrogen-bond acceptors (Lipinski definition) is 3. The first-order valence-electron chi connectivity index (χ1n) is 10.2. The number of likely N-dealkylation sites (tertiary alicyclic amines) is 1. The number of carbonyl (C=O) groups excluding carboxylic acids is 1. The molecule has 2 aromatic carbocycles. The maximum atomic E-state index is 13.1. The van der Waals surface area contributed by atoms with Crippen LogP contribution in [0.2, 0.25) is 0 Å². The molecule has 1 atom stereocenters. The number of nitrogens with zero attached hydrogens (tertiary/aromatic N) is 1. The normalized spacial score (nSPS) is 17.5. The van der Waals surface area contributed by atoms with Crippen molar-refractivity contribution in [2.24, 2.45) is 5.92 Å². The van der Waals surface area contributed by atoms with Crippen LogP contribution in [-0.4, -0.2) is 43.4 Å². The molecule has 0 spiro atoms. The summed E-state index contributed by atoms with van der Waals surface area (Å²) in [5.41, 5.74) is 1.99. The lowest BCUT2D eigenvalue weighted by molar-refractivity contribution is 0.184. The van der Waals surface area contributed by atoms with Crippen LogP contribution in [0.5, 0.6) is 0 Å². The zero-order valence-electron chi connectivity index (χ0n) is 17.1. The zero-order chi connectivity index (χ0) is 20.9. The van der Waals surface area contributed by atoms with Crippen molar-refractivity contribution in [2.45, 2.75) is 38.0 Å². The van der Waals surface area contributed by atoms with E-state index in [1.807, 2.05) is 74.5 Å². The molecule has 1 fully saturated rings. The monoisotopic (exact) mass is 414 g/mol. The molecule has 29 heavy (non-hydrogen) atoms. The Balaban J connectivity index is 1.76. The van der Waals surface area contributed by atoms with Gasteiger partial charge in [-0.05, 0) is 29.9 Å². The van der Waals surface area contributed by atoms with E-state index in [1.165, 1.54) is 0 Å². The Morgan fingerprint density at radius 1 is 1.03 bits per heavy atom. The molecule has 0 saturated carbocycles. The average Bonchev–Trinajstić information content (AvgIpc) is 2.72. The number of nitrogens with one attached hydrogen (secondary N) is 1. The second-order valence-corrected chi connectivity index (χ2v) is 10.5. The smallest absolute Gasteiger partial charge is 0.318 e. The van der Waals surface area contributed by atoms with E-state index in [9.17, 15) is 13.2 Å². The molecule has 1 aliphatic heterocycles. The van der Waals surface area contributed by atoms with Crippen LogP contribution in [0.4, 0.5) is 4.79 Å². The van der Waals surface area contributed by atoms with Crippen molar-refractivity contribution in [3.05, 3.63) is 71.8 Å². The maximum absolute atomic E-state index is 13.1. The zero-order valence-corrected chi connectivity index (χ0v) is 17.9.